The van der Waals surface area contributed by atoms with E-state index in [1.807, 2.05) is 6.92 Å². The van der Waals surface area contributed by atoms with Gasteiger partial charge in [-0.2, -0.15) is 0 Å². The molecule has 23 heavy (non-hydrogen) atoms. The van der Waals surface area contributed by atoms with Crippen molar-refractivity contribution in [3.05, 3.63) is 64.7 Å². The third-order valence-corrected chi connectivity index (χ3v) is 5.29. The predicted octanol–water partition coefficient (Wildman–Crippen LogP) is 3.43. The van der Waals surface area contributed by atoms with Crippen LogP contribution in [-0.2, 0) is 20.2 Å². The van der Waals surface area contributed by atoms with Crippen LogP contribution in [0.15, 0.2) is 53.4 Å². The fourth-order valence-corrected chi connectivity index (χ4v) is 3.26. The molecular weight excluding hydrogens is 334 g/mol. The molecule has 0 aromatic heterocycles. The summed E-state index contributed by atoms with van der Waals surface area (Å²) in [6.45, 7) is 5.19. The lowest BCUT2D eigenvalue weighted by Crippen LogP contribution is -2.43. The Kier molecular flexibility index (Phi) is 4.82. The van der Waals surface area contributed by atoms with Gasteiger partial charge in [-0.05, 0) is 50.6 Å². The molecule has 0 aliphatic carbocycles. The molecule has 2 aromatic rings. The second-order valence-corrected chi connectivity index (χ2v) is 8.00. The van der Waals surface area contributed by atoms with Crippen molar-refractivity contribution < 1.29 is 13.2 Å². The highest BCUT2D eigenvalue weighted by molar-refractivity contribution is 7.90. The summed E-state index contributed by atoms with van der Waals surface area (Å²) in [6.07, 6.45) is 0. The van der Waals surface area contributed by atoms with E-state index in [1.165, 1.54) is 12.1 Å². The van der Waals surface area contributed by atoms with Crippen LogP contribution in [0.4, 0.5) is 0 Å². The second-order valence-electron chi connectivity index (χ2n) is 5.88. The van der Waals surface area contributed by atoms with Crippen LogP contribution in [0.2, 0.25) is 5.02 Å². The molecule has 0 radical (unpaired) electrons. The average molecular weight is 352 g/mol. The summed E-state index contributed by atoms with van der Waals surface area (Å²) in [5, 5.41) is 0.553. The number of aryl methyl sites for hydroxylation is 1. The van der Waals surface area contributed by atoms with Crippen molar-refractivity contribution in [3.63, 3.8) is 0 Å². The standard InChI is InChI=1S/C17H18ClNO3S/c1-12-4-10-15(11-5-12)23(21,22)19-16(20)17(2,3)13-6-8-14(18)9-7-13/h4-11H,1-3H3,(H,19,20). The number of halogens is 1. The minimum atomic E-state index is -3.90. The Hall–Kier alpha value is -1.85. The largest absolute Gasteiger partial charge is 0.273 e. The van der Waals surface area contributed by atoms with E-state index in [-0.39, 0.29) is 4.90 Å². The molecule has 0 aliphatic heterocycles. The Balaban J connectivity index is 2.26. The number of nitrogens with one attached hydrogen (secondary N) is 1. The van der Waals surface area contributed by atoms with Crippen molar-refractivity contribution in [2.24, 2.45) is 0 Å². The number of amides is 1. The van der Waals surface area contributed by atoms with Gasteiger partial charge in [0.2, 0.25) is 5.91 Å². The quantitative estimate of drug-likeness (QED) is 0.917. The summed E-state index contributed by atoms with van der Waals surface area (Å²) in [5.41, 5.74) is 0.609. The monoisotopic (exact) mass is 351 g/mol. The zero-order chi connectivity index (χ0) is 17.3. The van der Waals surface area contributed by atoms with Crippen LogP contribution in [0.1, 0.15) is 25.0 Å². The molecular formula is C17H18ClNO3S. The molecule has 4 nitrogen and oxygen atoms in total. The first-order valence-electron chi connectivity index (χ1n) is 7.03. The van der Waals surface area contributed by atoms with Crippen LogP contribution in [-0.4, -0.2) is 14.3 Å². The van der Waals surface area contributed by atoms with E-state index < -0.39 is 21.3 Å². The number of benzene rings is 2. The van der Waals surface area contributed by atoms with Crippen molar-refractivity contribution in [2.45, 2.75) is 31.1 Å². The average Bonchev–Trinajstić information content (AvgIpc) is 2.47. The summed E-state index contributed by atoms with van der Waals surface area (Å²) < 4.78 is 26.8. The van der Waals surface area contributed by atoms with E-state index in [4.69, 9.17) is 11.6 Å². The van der Waals surface area contributed by atoms with Crippen LogP contribution in [0.3, 0.4) is 0 Å². The normalized spacial score (nSPS) is 12.0. The summed E-state index contributed by atoms with van der Waals surface area (Å²) >= 11 is 5.84. The van der Waals surface area contributed by atoms with E-state index in [0.29, 0.717) is 10.6 Å². The van der Waals surface area contributed by atoms with Gasteiger partial charge in [-0.15, -0.1) is 0 Å². The molecule has 0 spiro atoms. The van der Waals surface area contributed by atoms with Gasteiger partial charge in [-0.1, -0.05) is 41.4 Å². The van der Waals surface area contributed by atoms with Crippen LogP contribution < -0.4 is 4.72 Å². The molecule has 0 bridgehead atoms. The number of rotatable bonds is 4. The predicted molar refractivity (Wildman–Crippen MR) is 91.0 cm³/mol. The van der Waals surface area contributed by atoms with Crippen molar-refractivity contribution in [1.82, 2.24) is 4.72 Å². The molecule has 6 heteroatoms. The molecule has 122 valence electrons. The van der Waals surface area contributed by atoms with E-state index >= 15 is 0 Å². The molecule has 2 aromatic carbocycles. The number of carbonyl (C=O) groups is 1. The summed E-state index contributed by atoms with van der Waals surface area (Å²) in [6, 6.07) is 13.1. The second kappa shape index (κ2) is 6.34. The molecule has 2 rings (SSSR count). The van der Waals surface area contributed by atoms with E-state index in [9.17, 15) is 13.2 Å². The minimum Gasteiger partial charge on any atom is -0.273 e. The zero-order valence-corrected chi connectivity index (χ0v) is 14.7. The number of hydrogen-bond acceptors (Lipinski definition) is 3. The first-order valence-corrected chi connectivity index (χ1v) is 8.89. The van der Waals surface area contributed by atoms with Crippen LogP contribution >= 0.6 is 11.6 Å². The Morgan fingerprint density at radius 1 is 1.00 bits per heavy atom. The highest BCUT2D eigenvalue weighted by atomic mass is 35.5. The van der Waals surface area contributed by atoms with Gasteiger partial charge >= 0.3 is 0 Å². The van der Waals surface area contributed by atoms with Gasteiger partial charge in [0.15, 0.2) is 0 Å². The summed E-state index contributed by atoms with van der Waals surface area (Å²) in [5.74, 6) is -0.597. The number of sulfonamides is 1. The SMILES string of the molecule is Cc1ccc(S(=O)(=O)NC(=O)C(C)(C)c2ccc(Cl)cc2)cc1. The van der Waals surface area contributed by atoms with Gasteiger partial charge in [-0.3, -0.25) is 4.79 Å². The van der Waals surface area contributed by atoms with Crippen LogP contribution in [0.25, 0.3) is 0 Å². The van der Waals surface area contributed by atoms with Crippen molar-refractivity contribution >= 4 is 27.5 Å². The molecule has 0 heterocycles. The van der Waals surface area contributed by atoms with Gasteiger partial charge in [0.1, 0.15) is 0 Å². The van der Waals surface area contributed by atoms with Crippen molar-refractivity contribution in [3.8, 4) is 0 Å². The minimum absolute atomic E-state index is 0.0587. The lowest BCUT2D eigenvalue weighted by molar-refractivity contribution is -0.123. The molecule has 0 atom stereocenters. The van der Waals surface area contributed by atoms with Crippen molar-refractivity contribution in [2.75, 3.05) is 0 Å². The Morgan fingerprint density at radius 3 is 2.04 bits per heavy atom. The Morgan fingerprint density at radius 2 is 1.52 bits per heavy atom. The van der Waals surface area contributed by atoms with Crippen LogP contribution in [0, 0.1) is 6.92 Å². The molecule has 0 saturated heterocycles. The third-order valence-electron chi connectivity index (χ3n) is 3.69. The highest BCUT2D eigenvalue weighted by Gasteiger charge is 2.33. The Labute approximate surface area is 141 Å². The topological polar surface area (TPSA) is 63.2 Å². The number of carbonyl (C=O) groups excluding carboxylic acids is 1. The van der Waals surface area contributed by atoms with Crippen LogP contribution in [0.5, 0.6) is 0 Å². The maximum absolute atomic E-state index is 12.5. The van der Waals surface area contributed by atoms with Gasteiger partial charge in [0.25, 0.3) is 10.0 Å². The lowest BCUT2D eigenvalue weighted by Gasteiger charge is -2.24. The lowest BCUT2D eigenvalue weighted by atomic mass is 9.84. The molecule has 0 aliphatic rings. The fraction of sp³-hybridized carbons (Fsp3) is 0.235. The molecule has 0 saturated carbocycles. The third kappa shape index (κ3) is 3.92. The van der Waals surface area contributed by atoms with Gasteiger partial charge < -0.3 is 0 Å². The zero-order valence-electron chi connectivity index (χ0n) is 13.1. The van der Waals surface area contributed by atoms with E-state index in [2.05, 4.69) is 4.72 Å². The first kappa shape index (κ1) is 17.5. The van der Waals surface area contributed by atoms with E-state index in [0.717, 1.165) is 5.56 Å². The molecule has 1 amide bonds. The highest BCUT2D eigenvalue weighted by Crippen LogP contribution is 2.25. The maximum Gasteiger partial charge on any atom is 0.264 e. The molecule has 1 N–H and O–H groups in total. The maximum atomic E-state index is 12.5. The molecule has 0 fully saturated rings. The molecule has 0 unspecified atom stereocenters. The van der Waals surface area contributed by atoms with Gasteiger partial charge in [0.05, 0.1) is 10.3 Å². The van der Waals surface area contributed by atoms with Crippen molar-refractivity contribution in [1.29, 1.82) is 0 Å². The smallest absolute Gasteiger partial charge is 0.264 e. The summed E-state index contributed by atoms with van der Waals surface area (Å²) in [4.78, 5) is 12.5. The van der Waals surface area contributed by atoms with Gasteiger partial charge in [-0.25, -0.2) is 13.1 Å². The fourth-order valence-electron chi connectivity index (χ4n) is 2.02. The summed E-state index contributed by atoms with van der Waals surface area (Å²) in [7, 11) is -3.90. The first-order chi connectivity index (χ1) is 10.6. The Bertz CT molecular complexity index is 810. The number of hydrogen-bond donors (Lipinski definition) is 1. The van der Waals surface area contributed by atoms with Gasteiger partial charge in [0, 0.05) is 5.02 Å². The van der Waals surface area contributed by atoms with E-state index in [1.54, 1.807) is 50.2 Å².